The van der Waals surface area contributed by atoms with Crippen LogP contribution in [0.4, 0.5) is 0 Å². The van der Waals surface area contributed by atoms with Crippen LogP contribution in [0.2, 0.25) is 0 Å². The van der Waals surface area contributed by atoms with Crippen molar-refractivity contribution >= 4 is 47.3 Å². The highest BCUT2D eigenvalue weighted by Crippen LogP contribution is 2.25. The Morgan fingerprint density at radius 2 is 0.578 bits per heavy atom. The van der Waals surface area contributed by atoms with Gasteiger partial charge in [-0.05, 0) is 12.8 Å². The zero-order valence-electron chi connectivity index (χ0n) is 62.6. The largest absolute Gasteiger partial charge is 0.394 e. The Kier molecular flexibility index (Phi) is 54.2. The lowest BCUT2D eigenvalue weighted by Gasteiger charge is -2.42. The van der Waals surface area contributed by atoms with Gasteiger partial charge in [0.25, 0.3) is 0 Å². The van der Waals surface area contributed by atoms with E-state index in [0.29, 0.717) is 79.3 Å². The van der Waals surface area contributed by atoms with Gasteiger partial charge >= 0.3 is 0 Å². The molecular weight excluding hydrogens is 1460 g/mol. The Hall–Kier alpha value is -5.32. The van der Waals surface area contributed by atoms with E-state index in [9.17, 15) is 84.3 Å². The van der Waals surface area contributed by atoms with Crippen LogP contribution in [0.1, 0.15) is 52.9 Å². The Morgan fingerprint density at radius 1 is 0.321 bits per heavy atom. The molecule has 3 saturated heterocycles. The van der Waals surface area contributed by atoms with Crippen molar-refractivity contribution in [3.63, 3.8) is 0 Å². The lowest BCUT2D eigenvalue weighted by atomic mass is 9.97. The van der Waals surface area contributed by atoms with Gasteiger partial charge in [-0.3, -0.25) is 38.4 Å². The van der Waals surface area contributed by atoms with Crippen molar-refractivity contribution in [2.75, 3.05) is 218 Å². The average Bonchev–Trinajstić information content (AvgIpc) is 0.821. The van der Waals surface area contributed by atoms with Crippen LogP contribution in [-0.2, 0) is 124 Å². The van der Waals surface area contributed by atoms with E-state index < -0.39 is 178 Å². The first-order valence-electron chi connectivity index (χ1n) is 36.3. The van der Waals surface area contributed by atoms with E-state index in [4.69, 9.17) is 85.3 Å². The number of rotatable bonds is 64. The molecule has 3 aliphatic rings. The van der Waals surface area contributed by atoms with Gasteiger partial charge in [0.1, 0.15) is 85.1 Å². The van der Waals surface area contributed by atoms with E-state index in [0.717, 1.165) is 0 Å². The normalized spacial score (nSPS) is 24.7. The van der Waals surface area contributed by atoms with E-state index in [1.54, 1.807) is 7.11 Å². The number of nitrogens with one attached hydrogen (secondary N) is 8. The molecule has 43 heteroatoms. The summed E-state index contributed by atoms with van der Waals surface area (Å²) in [6.07, 6.45) is -18.2. The predicted octanol–water partition coefficient (Wildman–Crippen LogP) is -10.0. The summed E-state index contributed by atoms with van der Waals surface area (Å²) in [5.74, 6) is -5.09. The predicted molar refractivity (Wildman–Crippen MR) is 371 cm³/mol. The number of carbonyl (C=O) groups excluding carboxylic acids is 8. The van der Waals surface area contributed by atoms with E-state index in [1.807, 2.05) is 0 Å². The van der Waals surface area contributed by atoms with Crippen LogP contribution in [0.15, 0.2) is 0 Å². The molecule has 3 rings (SSSR count). The van der Waals surface area contributed by atoms with Crippen LogP contribution >= 0.6 is 0 Å². The Bertz CT molecular complexity index is 2480. The minimum Gasteiger partial charge on any atom is -0.394 e. The highest BCUT2D eigenvalue weighted by Gasteiger charge is 2.48. The Balaban J connectivity index is 1.55. The highest BCUT2D eigenvalue weighted by molar-refractivity contribution is 5.90. The minimum atomic E-state index is -1.55. The van der Waals surface area contributed by atoms with Crippen LogP contribution in [-0.4, -0.2) is 416 Å². The summed E-state index contributed by atoms with van der Waals surface area (Å²) in [7, 11) is 1.61. The lowest BCUT2D eigenvalue weighted by molar-refractivity contribution is -0.272. The number of amides is 8. The minimum absolute atomic E-state index is 0.0319. The van der Waals surface area contributed by atoms with Gasteiger partial charge < -0.3 is 174 Å². The zero-order chi connectivity index (χ0) is 80.0. The van der Waals surface area contributed by atoms with E-state index >= 15 is 0 Å². The lowest BCUT2D eigenvalue weighted by Crippen LogP contribution is -2.64. The van der Waals surface area contributed by atoms with Crippen molar-refractivity contribution in [1.82, 2.24) is 42.5 Å². The fraction of sp³-hybridized carbons (Fsp3) is 0.879. The Labute approximate surface area is 632 Å². The molecular formula is C66H120N8O35. The van der Waals surface area contributed by atoms with E-state index in [2.05, 4.69) is 42.5 Å². The molecule has 3 aliphatic heterocycles. The monoisotopic (exact) mass is 1580 g/mol. The van der Waals surface area contributed by atoms with Gasteiger partial charge in [-0.15, -0.1) is 0 Å². The molecule has 3 heterocycles. The van der Waals surface area contributed by atoms with Gasteiger partial charge in [0.2, 0.25) is 47.3 Å². The number of carbonyl (C=O) groups is 8. The molecule has 634 valence electrons. The smallest absolute Gasteiger partial charge is 0.242 e. The third-order valence-electron chi connectivity index (χ3n) is 16.1. The summed E-state index contributed by atoms with van der Waals surface area (Å²) in [5, 5.41) is 112. The van der Waals surface area contributed by atoms with Crippen LogP contribution in [0.5, 0.6) is 0 Å². The number of aliphatic hydroxyl groups excluding tert-OH is 9. The summed E-state index contributed by atoms with van der Waals surface area (Å²) in [6, 6.07) is -6.27. The number of ether oxygens (including phenoxy) is 18. The van der Waals surface area contributed by atoms with Crippen molar-refractivity contribution in [3.8, 4) is 0 Å². The fourth-order valence-electron chi connectivity index (χ4n) is 10.5. The second kappa shape index (κ2) is 60.3. The molecule has 8 amide bonds. The van der Waals surface area contributed by atoms with Crippen molar-refractivity contribution in [2.45, 2.75) is 157 Å². The molecule has 0 bridgehead atoms. The molecule has 0 radical (unpaired) electrons. The van der Waals surface area contributed by atoms with E-state index in [-0.39, 0.29) is 138 Å². The molecule has 17 atom stereocenters. The molecule has 0 aromatic rings. The second-order valence-electron chi connectivity index (χ2n) is 24.6. The zero-order valence-corrected chi connectivity index (χ0v) is 62.6. The topological polar surface area (TPSA) is 581 Å². The van der Waals surface area contributed by atoms with Crippen molar-refractivity contribution in [3.05, 3.63) is 0 Å². The summed E-state index contributed by atoms with van der Waals surface area (Å²) < 4.78 is 99.1. The van der Waals surface area contributed by atoms with Crippen molar-refractivity contribution < 1.29 is 170 Å². The van der Waals surface area contributed by atoms with Crippen LogP contribution in [0, 0.1) is 0 Å². The first-order valence-corrected chi connectivity index (χ1v) is 36.3. The SMILES string of the molecule is COCCOCCOCCOCCOCCOCCOCCOCCOCCC(=O)NC(CCC(=O)NC(CCC(=O)NCCOCCOC1OC(CO)C(O)C(O)C1NC(C)=O)C(=O)NCCOCCOC1OC(CO)C(O)C(O)C1NC(C)=O)C(=O)NCCOCCOC1OC(CO)C(O)C(O)C1NC(C)=O. The summed E-state index contributed by atoms with van der Waals surface area (Å²) in [5.41, 5.74) is 0. The van der Waals surface area contributed by atoms with Gasteiger partial charge in [0, 0.05) is 66.8 Å². The van der Waals surface area contributed by atoms with Gasteiger partial charge in [0.15, 0.2) is 18.9 Å². The number of methoxy groups -OCH3 is 1. The first kappa shape index (κ1) is 97.9. The van der Waals surface area contributed by atoms with E-state index in [1.165, 1.54) is 20.8 Å². The first-order chi connectivity index (χ1) is 52.6. The standard InChI is InChI=1S/C66H120N8O35/c1-42(78)70-53-59(87)56(84)47(39-75)107-64(53)104-36-33-94-14-10-67-50(81)7-5-45(62(90)68-11-15-95-34-37-105-65-54(71-43(2)79)60(88)57(85)48(40-76)108-65)73-51(82)8-6-46(63(91)69-12-16-96-35-38-106-66-55(72-44(3)80)61(89)58(86)49(41-77)109-66)74-52(83)9-13-93-19-20-98-23-24-100-27-28-102-31-32-103-30-29-101-26-25-99-22-21-97-18-17-92-4/h45-49,53-61,64-66,75-77,84-89H,5-41H2,1-4H3,(H,67,81)(H,68,90)(H,69,91)(H,70,78)(H,71,79)(H,72,80)(H,73,82)(H,74,83). The van der Waals surface area contributed by atoms with Gasteiger partial charge in [-0.25, -0.2) is 0 Å². The average molecular weight is 1590 g/mol. The number of hydrogen-bond acceptors (Lipinski definition) is 35. The molecule has 0 aliphatic carbocycles. The maximum atomic E-state index is 13.8. The molecule has 0 aromatic heterocycles. The van der Waals surface area contributed by atoms with Gasteiger partial charge in [-0.1, -0.05) is 0 Å². The molecule has 3 fully saturated rings. The molecule has 0 aromatic carbocycles. The van der Waals surface area contributed by atoms with Crippen LogP contribution < -0.4 is 42.5 Å². The maximum Gasteiger partial charge on any atom is 0.242 e. The van der Waals surface area contributed by atoms with Crippen LogP contribution in [0.3, 0.4) is 0 Å². The molecule has 17 unspecified atom stereocenters. The van der Waals surface area contributed by atoms with Gasteiger partial charge in [-0.2, -0.15) is 0 Å². The summed E-state index contributed by atoms with van der Waals surface area (Å²) >= 11 is 0. The Morgan fingerprint density at radius 3 is 0.872 bits per heavy atom. The maximum absolute atomic E-state index is 13.8. The third kappa shape index (κ3) is 42.4. The molecule has 43 nitrogen and oxygen atoms in total. The fourth-order valence-corrected chi connectivity index (χ4v) is 10.5. The quantitative estimate of drug-likeness (QED) is 0.0251. The molecule has 0 spiro atoms. The summed E-state index contributed by atoms with van der Waals surface area (Å²) in [4.78, 5) is 103. The summed E-state index contributed by atoms with van der Waals surface area (Å²) in [6.45, 7) is 6.12. The van der Waals surface area contributed by atoms with Crippen molar-refractivity contribution in [1.29, 1.82) is 0 Å². The van der Waals surface area contributed by atoms with Crippen molar-refractivity contribution in [2.24, 2.45) is 0 Å². The number of aliphatic hydroxyl groups is 9. The second-order valence-corrected chi connectivity index (χ2v) is 24.6. The third-order valence-corrected chi connectivity index (χ3v) is 16.1. The highest BCUT2D eigenvalue weighted by atomic mass is 16.7. The molecule has 109 heavy (non-hydrogen) atoms. The van der Waals surface area contributed by atoms with Gasteiger partial charge in [0.05, 0.1) is 192 Å². The molecule has 17 N–H and O–H groups in total. The molecule has 0 saturated carbocycles. The van der Waals surface area contributed by atoms with Crippen LogP contribution in [0.25, 0.3) is 0 Å². The number of hydrogen-bond donors (Lipinski definition) is 17.